The summed E-state index contributed by atoms with van der Waals surface area (Å²) < 4.78 is 43.0. The average Bonchev–Trinajstić information content (AvgIpc) is 2.99. The number of hydrogen-bond donors (Lipinski definition) is 2. The van der Waals surface area contributed by atoms with Crippen LogP contribution < -0.4 is 10.6 Å². The van der Waals surface area contributed by atoms with Gasteiger partial charge in [0.1, 0.15) is 0 Å². The van der Waals surface area contributed by atoms with Crippen molar-refractivity contribution in [1.29, 1.82) is 0 Å². The molecule has 2 aliphatic rings. The second-order valence-corrected chi connectivity index (χ2v) is 7.39. The van der Waals surface area contributed by atoms with Gasteiger partial charge in [0, 0.05) is 51.9 Å². The molecule has 160 valence electrons. The Balaban J connectivity index is 0.00000364. The minimum atomic E-state index is -4.14. The number of alkyl halides is 3. The second-order valence-electron chi connectivity index (χ2n) is 7.39. The van der Waals surface area contributed by atoms with Crippen LogP contribution in [0.1, 0.15) is 20.3 Å². The van der Waals surface area contributed by atoms with Gasteiger partial charge in [0.05, 0.1) is 19.8 Å². The molecule has 6 nitrogen and oxygen atoms in total. The van der Waals surface area contributed by atoms with Crippen LogP contribution in [-0.2, 0) is 4.74 Å². The van der Waals surface area contributed by atoms with Gasteiger partial charge < -0.3 is 15.4 Å². The zero-order valence-corrected chi connectivity index (χ0v) is 18.7. The summed E-state index contributed by atoms with van der Waals surface area (Å²) >= 11 is 0. The van der Waals surface area contributed by atoms with Gasteiger partial charge in [0.15, 0.2) is 5.96 Å². The summed E-state index contributed by atoms with van der Waals surface area (Å²) in [5, 5.41) is 6.62. The molecular weight excluding hydrogens is 474 g/mol. The standard InChI is InChI=1S/C17H32F3N5O.HI/c1-13(2)15(25-6-8-26-9-7-25)10-22-16(21-3)23-14-4-5-24(11-14)12-17(18,19)20;/h13-15H,4-12H2,1-3H3,(H2,21,22,23);1H. The molecule has 2 fully saturated rings. The molecule has 2 saturated heterocycles. The lowest BCUT2D eigenvalue weighted by Crippen LogP contribution is -2.53. The lowest BCUT2D eigenvalue weighted by Gasteiger charge is -2.37. The number of aliphatic imine (C=N–C) groups is 1. The largest absolute Gasteiger partial charge is 0.401 e. The second kappa shape index (κ2) is 11.6. The van der Waals surface area contributed by atoms with Crippen LogP contribution in [0.15, 0.2) is 4.99 Å². The van der Waals surface area contributed by atoms with Gasteiger partial charge >= 0.3 is 6.18 Å². The average molecular weight is 507 g/mol. The molecule has 0 radical (unpaired) electrons. The molecule has 0 spiro atoms. The van der Waals surface area contributed by atoms with Crippen LogP contribution in [0.4, 0.5) is 13.2 Å². The first-order chi connectivity index (χ1) is 12.3. The van der Waals surface area contributed by atoms with Crippen LogP contribution in [0, 0.1) is 5.92 Å². The van der Waals surface area contributed by atoms with E-state index in [4.69, 9.17) is 4.74 Å². The summed E-state index contributed by atoms with van der Waals surface area (Å²) in [6, 6.07) is 0.354. The van der Waals surface area contributed by atoms with Gasteiger partial charge in [-0.05, 0) is 12.3 Å². The van der Waals surface area contributed by atoms with Crippen molar-refractivity contribution in [3.63, 3.8) is 0 Å². The van der Waals surface area contributed by atoms with Crippen molar-refractivity contribution in [2.24, 2.45) is 10.9 Å². The normalized spacial score (nSPS) is 24.0. The van der Waals surface area contributed by atoms with Gasteiger partial charge in [0.25, 0.3) is 0 Å². The third-order valence-electron chi connectivity index (χ3n) is 5.00. The van der Waals surface area contributed by atoms with E-state index in [9.17, 15) is 13.2 Å². The molecule has 0 aliphatic carbocycles. The van der Waals surface area contributed by atoms with Gasteiger partial charge in [-0.25, -0.2) is 0 Å². The van der Waals surface area contributed by atoms with Crippen molar-refractivity contribution in [2.45, 2.75) is 38.5 Å². The highest BCUT2D eigenvalue weighted by Gasteiger charge is 2.34. The van der Waals surface area contributed by atoms with Crippen LogP contribution >= 0.6 is 24.0 Å². The highest BCUT2D eigenvalue weighted by atomic mass is 127. The molecule has 27 heavy (non-hydrogen) atoms. The molecule has 2 rings (SSSR count). The van der Waals surface area contributed by atoms with Crippen molar-refractivity contribution in [2.75, 3.05) is 59.5 Å². The Morgan fingerprint density at radius 1 is 1.22 bits per heavy atom. The predicted octanol–water partition coefficient (Wildman–Crippen LogP) is 1.76. The van der Waals surface area contributed by atoms with Crippen molar-refractivity contribution in [1.82, 2.24) is 20.4 Å². The molecule has 0 bridgehead atoms. The van der Waals surface area contributed by atoms with Gasteiger partial charge in [-0.15, -0.1) is 24.0 Å². The fourth-order valence-corrected chi connectivity index (χ4v) is 3.63. The van der Waals surface area contributed by atoms with E-state index in [2.05, 4.69) is 34.4 Å². The number of rotatable bonds is 6. The van der Waals surface area contributed by atoms with E-state index in [0.717, 1.165) is 32.8 Å². The Kier molecular flexibility index (Phi) is 10.6. The summed E-state index contributed by atoms with van der Waals surface area (Å²) in [6.45, 7) is 8.50. The van der Waals surface area contributed by atoms with Crippen LogP contribution in [0.2, 0.25) is 0 Å². The smallest absolute Gasteiger partial charge is 0.379 e. The molecular formula is C17H33F3IN5O. The zero-order chi connectivity index (χ0) is 19.2. The molecule has 0 aromatic carbocycles. The summed E-state index contributed by atoms with van der Waals surface area (Å²) in [5.74, 6) is 1.13. The fourth-order valence-electron chi connectivity index (χ4n) is 3.63. The molecule has 10 heteroatoms. The summed E-state index contributed by atoms with van der Waals surface area (Å²) in [7, 11) is 1.69. The zero-order valence-electron chi connectivity index (χ0n) is 16.4. The first-order valence-electron chi connectivity index (χ1n) is 9.36. The lowest BCUT2D eigenvalue weighted by molar-refractivity contribution is -0.143. The highest BCUT2D eigenvalue weighted by Crippen LogP contribution is 2.20. The number of halogens is 4. The van der Waals surface area contributed by atoms with Crippen LogP contribution in [0.25, 0.3) is 0 Å². The Labute approximate surface area is 177 Å². The van der Waals surface area contributed by atoms with Crippen LogP contribution in [0.3, 0.4) is 0 Å². The van der Waals surface area contributed by atoms with E-state index in [1.165, 1.54) is 4.90 Å². The maximum atomic E-state index is 12.5. The van der Waals surface area contributed by atoms with E-state index in [-0.39, 0.29) is 30.0 Å². The summed E-state index contributed by atoms with van der Waals surface area (Å²) in [5.41, 5.74) is 0. The lowest BCUT2D eigenvalue weighted by atomic mass is 10.0. The number of hydrogen-bond acceptors (Lipinski definition) is 4. The molecule has 0 aromatic rings. The Morgan fingerprint density at radius 2 is 1.89 bits per heavy atom. The van der Waals surface area contributed by atoms with Crippen LogP contribution in [0.5, 0.6) is 0 Å². The monoisotopic (exact) mass is 507 g/mol. The number of guanidine groups is 1. The van der Waals surface area contributed by atoms with Gasteiger partial charge in [-0.1, -0.05) is 13.8 Å². The highest BCUT2D eigenvalue weighted by molar-refractivity contribution is 14.0. The minimum absolute atomic E-state index is 0. The maximum absolute atomic E-state index is 12.5. The van der Waals surface area contributed by atoms with E-state index >= 15 is 0 Å². The molecule has 2 atom stereocenters. The van der Waals surface area contributed by atoms with E-state index in [1.54, 1.807) is 7.05 Å². The Morgan fingerprint density at radius 3 is 2.44 bits per heavy atom. The number of morpholine rings is 1. The van der Waals surface area contributed by atoms with E-state index < -0.39 is 12.7 Å². The molecule has 0 saturated carbocycles. The maximum Gasteiger partial charge on any atom is 0.401 e. The topological polar surface area (TPSA) is 52.1 Å². The quantitative estimate of drug-likeness (QED) is 0.326. The number of likely N-dealkylation sites (tertiary alicyclic amines) is 1. The summed E-state index contributed by atoms with van der Waals surface area (Å²) in [6.07, 6.45) is -3.45. The molecule has 2 N–H and O–H groups in total. The van der Waals surface area contributed by atoms with Crippen molar-refractivity contribution >= 4 is 29.9 Å². The van der Waals surface area contributed by atoms with Gasteiger partial charge in [-0.2, -0.15) is 13.2 Å². The van der Waals surface area contributed by atoms with Crippen molar-refractivity contribution < 1.29 is 17.9 Å². The van der Waals surface area contributed by atoms with Gasteiger partial charge in [-0.3, -0.25) is 14.8 Å². The number of nitrogens with one attached hydrogen (secondary N) is 2. The van der Waals surface area contributed by atoms with Crippen molar-refractivity contribution in [3.05, 3.63) is 0 Å². The molecule has 0 aromatic heterocycles. The SMILES string of the molecule is CN=C(NCC(C(C)C)N1CCOCC1)NC1CCN(CC(F)(F)F)C1.I. The predicted molar refractivity (Wildman–Crippen MR) is 112 cm³/mol. The number of nitrogens with zero attached hydrogens (tertiary/aromatic N) is 3. The third kappa shape index (κ3) is 8.70. The molecule has 2 unspecified atom stereocenters. The summed E-state index contributed by atoms with van der Waals surface area (Å²) in [4.78, 5) is 8.10. The third-order valence-corrected chi connectivity index (χ3v) is 5.00. The first kappa shape index (κ1) is 24.7. The minimum Gasteiger partial charge on any atom is -0.379 e. The Hall–Kier alpha value is -0.330. The van der Waals surface area contributed by atoms with E-state index in [1.807, 2.05) is 0 Å². The Bertz CT molecular complexity index is 458. The fraction of sp³-hybridized carbons (Fsp3) is 0.941. The molecule has 2 aliphatic heterocycles. The van der Waals surface area contributed by atoms with Crippen LogP contribution in [-0.4, -0.2) is 93.5 Å². The van der Waals surface area contributed by atoms with Crippen molar-refractivity contribution in [3.8, 4) is 0 Å². The van der Waals surface area contributed by atoms with E-state index in [0.29, 0.717) is 37.4 Å². The first-order valence-corrected chi connectivity index (χ1v) is 9.36. The molecule has 0 amide bonds. The molecule has 2 heterocycles. The number of ether oxygens (including phenoxy) is 1. The van der Waals surface area contributed by atoms with Gasteiger partial charge in [0.2, 0.25) is 0 Å².